The highest BCUT2D eigenvalue weighted by molar-refractivity contribution is 5.77. The highest BCUT2D eigenvalue weighted by Crippen LogP contribution is 2.28. The topological polar surface area (TPSA) is 64.5 Å². The predicted molar refractivity (Wildman–Crippen MR) is 76.1 cm³/mol. The van der Waals surface area contributed by atoms with Crippen LogP contribution >= 0.6 is 0 Å². The van der Waals surface area contributed by atoms with Gasteiger partial charge in [-0.2, -0.15) is 0 Å². The maximum atomic E-state index is 12.0. The fourth-order valence-electron chi connectivity index (χ4n) is 3.12. The molecule has 1 saturated heterocycles. The highest BCUT2D eigenvalue weighted by atomic mass is 16.5. The van der Waals surface area contributed by atoms with Gasteiger partial charge in [0.25, 0.3) is 0 Å². The van der Waals surface area contributed by atoms with Gasteiger partial charge in [0, 0.05) is 44.8 Å². The lowest BCUT2D eigenvalue weighted by atomic mass is 9.96. The third-order valence-electron chi connectivity index (χ3n) is 4.26. The first kappa shape index (κ1) is 14.4. The summed E-state index contributed by atoms with van der Waals surface area (Å²) in [4.78, 5) is 22.8. The van der Waals surface area contributed by atoms with Gasteiger partial charge in [0.1, 0.15) is 12.9 Å². The summed E-state index contributed by atoms with van der Waals surface area (Å²) >= 11 is 0. The molecule has 1 aromatic rings. The SMILES string of the molecule is COCC(=O)N1CCc2ncnc([C@H]3CCOC3)c2CC1. The molecule has 0 bridgehead atoms. The number of methoxy groups -OCH3 is 1. The lowest BCUT2D eigenvalue weighted by Gasteiger charge is -2.19. The van der Waals surface area contributed by atoms with E-state index in [2.05, 4.69) is 9.97 Å². The average molecular weight is 291 g/mol. The first-order chi connectivity index (χ1) is 10.3. The Kier molecular flexibility index (Phi) is 4.45. The normalized spacial score (nSPS) is 22.0. The first-order valence-corrected chi connectivity index (χ1v) is 7.46. The standard InChI is InChI=1S/C15H21N3O3/c1-20-9-14(19)18-5-2-12-13(3-6-18)16-10-17-15(12)11-4-7-21-8-11/h10-11H,2-9H2,1H3/t11-/m0/s1. The Balaban J connectivity index is 1.79. The molecular formula is C15H21N3O3. The van der Waals surface area contributed by atoms with Gasteiger partial charge in [-0.15, -0.1) is 0 Å². The van der Waals surface area contributed by atoms with Crippen molar-refractivity contribution in [2.45, 2.75) is 25.2 Å². The van der Waals surface area contributed by atoms with E-state index >= 15 is 0 Å². The second kappa shape index (κ2) is 6.49. The number of aromatic nitrogens is 2. The molecule has 3 rings (SSSR count). The molecule has 0 spiro atoms. The van der Waals surface area contributed by atoms with Gasteiger partial charge in [0.2, 0.25) is 5.91 Å². The molecule has 2 aliphatic heterocycles. The molecule has 21 heavy (non-hydrogen) atoms. The summed E-state index contributed by atoms with van der Waals surface area (Å²) in [6.07, 6.45) is 4.28. The number of ether oxygens (including phenoxy) is 2. The summed E-state index contributed by atoms with van der Waals surface area (Å²) in [6.45, 7) is 3.11. The van der Waals surface area contributed by atoms with Crippen LogP contribution in [0.25, 0.3) is 0 Å². The van der Waals surface area contributed by atoms with Crippen molar-refractivity contribution in [3.05, 3.63) is 23.3 Å². The molecule has 1 aromatic heterocycles. The van der Waals surface area contributed by atoms with Crippen LogP contribution in [0.1, 0.15) is 29.3 Å². The molecule has 0 saturated carbocycles. The Morgan fingerprint density at radius 3 is 3.05 bits per heavy atom. The maximum absolute atomic E-state index is 12.0. The maximum Gasteiger partial charge on any atom is 0.248 e. The summed E-state index contributed by atoms with van der Waals surface area (Å²) in [6, 6.07) is 0. The smallest absolute Gasteiger partial charge is 0.248 e. The van der Waals surface area contributed by atoms with Crippen LogP contribution in [0, 0.1) is 0 Å². The summed E-state index contributed by atoms with van der Waals surface area (Å²) in [5.74, 6) is 0.423. The number of amides is 1. The Morgan fingerprint density at radius 1 is 1.43 bits per heavy atom. The highest BCUT2D eigenvalue weighted by Gasteiger charge is 2.26. The third kappa shape index (κ3) is 3.06. The number of carbonyl (C=O) groups is 1. The fourth-order valence-corrected chi connectivity index (χ4v) is 3.12. The molecule has 0 aromatic carbocycles. The van der Waals surface area contributed by atoms with Crippen LogP contribution in [0.15, 0.2) is 6.33 Å². The van der Waals surface area contributed by atoms with E-state index in [0.29, 0.717) is 19.0 Å². The van der Waals surface area contributed by atoms with Gasteiger partial charge in [-0.05, 0) is 18.4 Å². The fraction of sp³-hybridized carbons (Fsp3) is 0.667. The van der Waals surface area contributed by atoms with E-state index in [1.54, 1.807) is 13.4 Å². The van der Waals surface area contributed by atoms with Gasteiger partial charge in [0.05, 0.1) is 12.3 Å². The van der Waals surface area contributed by atoms with Crippen molar-refractivity contribution in [3.63, 3.8) is 0 Å². The van der Waals surface area contributed by atoms with Gasteiger partial charge >= 0.3 is 0 Å². The molecule has 3 heterocycles. The summed E-state index contributed by atoms with van der Waals surface area (Å²) < 4.78 is 10.4. The van der Waals surface area contributed by atoms with E-state index in [9.17, 15) is 4.79 Å². The van der Waals surface area contributed by atoms with Gasteiger partial charge in [-0.3, -0.25) is 4.79 Å². The Morgan fingerprint density at radius 2 is 2.29 bits per heavy atom. The van der Waals surface area contributed by atoms with Crippen LogP contribution < -0.4 is 0 Å². The van der Waals surface area contributed by atoms with Gasteiger partial charge in [-0.1, -0.05) is 0 Å². The number of fused-ring (bicyclic) bond motifs is 1. The first-order valence-electron chi connectivity index (χ1n) is 7.46. The zero-order valence-electron chi connectivity index (χ0n) is 12.4. The van der Waals surface area contributed by atoms with Crippen molar-refractivity contribution in [1.29, 1.82) is 0 Å². The van der Waals surface area contributed by atoms with Crippen molar-refractivity contribution in [3.8, 4) is 0 Å². The van der Waals surface area contributed by atoms with Crippen LogP contribution in [0.3, 0.4) is 0 Å². The van der Waals surface area contributed by atoms with Gasteiger partial charge < -0.3 is 14.4 Å². The van der Waals surface area contributed by atoms with Crippen molar-refractivity contribution in [2.24, 2.45) is 0 Å². The molecule has 0 aliphatic carbocycles. The van der Waals surface area contributed by atoms with Crippen LogP contribution in [0.5, 0.6) is 0 Å². The lowest BCUT2D eigenvalue weighted by Crippen LogP contribution is -2.35. The number of hydrogen-bond acceptors (Lipinski definition) is 5. The van der Waals surface area contributed by atoms with E-state index < -0.39 is 0 Å². The number of hydrogen-bond donors (Lipinski definition) is 0. The molecule has 6 heteroatoms. The minimum atomic E-state index is 0.0454. The van der Waals surface area contributed by atoms with Crippen LogP contribution in [0.2, 0.25) is 0 Å². The predicted octanol–water partition coefficient (Wildman–Crippen LogP) is 0.554. The molecule has 0 radical (unpaired) electrons. The molecule has 114 valence electrons. The van der Waals surface area contributed by atoms with Crippen molar-refractivity contribution in [1.82, 2.24) is 14.9 Å². The number of nitrogens with zero attached hydrogens (tertiary/aromatic N) is 3. The van der Waals surface area contributed by atoms with Crippen molar-refractivity contribution < 1.29 is 14.3 Å². The summed E-state index contributed by atoms with van der Waals surface area (Å²) in [7, 11) is 1.55. The van der Waals surface area contributed by atoms with Crippen molar-refractivity contribution in [2.75, 3.05) is 40.0 Å². The second-order valence-electron chi connectivity index (χ2n) is 5.56. The van der Waals surface area contributed by atoms with Crippen molar-refractivity contribution >= 4 is 5.91 Å². The minimum absolute atomic E-state index is 0.0454. The molecule has 0 N–H and O–H groups in total. The molecule has 1 fully saturated rings. The molecule has 2 aliphatic rings. The average Bonchev–Trinajstić information content (AvgIpc) is 2.93. The molecule has 1 amide bonds. The quantitative estimate of drug-likeness (QED) is 0.814. The lowest BCUT2D eigenvalue weighted by molar-refractivity contribution is -0.135. The Labute approximate surface area is 124 Å². The number of rotatable bonds is 3. The minimum Gasteiger partial charge on any atom is -0.381 e. The monoisotopic (exact) mass is 291 g/mol. The van der Waals surface area contributed by atoms with Crippen LogP contribution in [-0.2, 0) is 27.1 Å². The van der Waals surface area contributed by atoms with E-state index in [-0.39, 0.29) is 12.5 Å². The number of carbonyl (C=O) groups excluding carboxylic acids is 1. The van der Waals surface area contributed by atoms with E-state index in [1.807, 2.05) is 4.90 Å². The van der Waals surface area contributed by atoms with Gasteiger partial charge in [-0.25, -0.2) is 9.97 Å². The third-order valence-corrected chi connectivity index (χ3v) is 4.26. The largest absolute Gasteiger partial charge is 0.381 e. The molecular weight excluding hydrogens is 270 g/mol. The van der Waals surface area contributed by atoms with Crippen LogP contribution in [-0.4, -0.2) is 60.8 Å². The molecule has 6 nitrogen and oxygen atoms in total. The summed E-state index contributed by atoms with van der Waals surface area (Å²) in [5.41, 5.74) is 3.43. The van der Waals surface area contributed by atoms with E-state index in [1.165, 1.54) is 5.56 Å². The van der Waals surface area contributed by atoms with Gasteiger partial charge in [0.15, 0.2) is 0 Å². The molecule has 1 atom stereocenters. The summed E-state index contributed by atoms with van der Waals surface area (Å²) in [5, 5.41) is 0. The Hall–Kier alpha value is -1.53. The molecule has 0 unspecified atom stereocenters. The van der Waals surface area contributed by atoms with Crippen LogP contribution in [0.4, 0.5) is 0 Å². The van der Waals surface area contributed by atoms with E-state index in [4.69, 9.17) is 9.47 Å². The second-order valence-corrected chi connectivity index (χ2v) is 5.56. The van der Waals surface area contributed by atoms with E-state index in [0.717, 1.165) is 43.9 Å². The Bertz CT molecular complexity index is 515. The zero-order valence-corrected chi connectivity index (χ0v) is 12.4. The zero-order chi connectivity index (χ0) is 14.7.